The van der Waals surface area contributed by atoms with Gasteiger partial charge in [-0.15, -0.1) is 0 Å². The minimum absolute atomic E-state index is 0.0274. The lowest BCUT2D eigenvalue weighted by atomic mass is 9.84. The number of hydrogen-bond donors (Lipinski definition) is 0. The number of rotatable bonds is 4. The molecule has 0 saturated heterocycles. The Hall–Kier alpha value is -2.13. The first-order chi connectivity index (χ1) is 11.0. The second-order valence-corrected chi connectivity index (χ2v) is 11.4. The second kappa shape index (κ2) is 5.82. The summed E-state index contributed by atoms with van der Waals surface area (Å²) in [6.07, 6.45) is 2.98. The highest BCUT2D eigenvalue weighted by Gasteiger charge is 2.53. The van der Waals surface area contributed by atoms with Gasteiger partial charge in [0.25, 0.3) is 0 Å². The van der Waals surface area contributed by atoms with Crippen LogP contribution in [-0.2, 0) is 14.6 Å². The Morgan fingerprint density at radius 2 is 1.52 bits per heavy atom. The van der Waals surface area contributed by atoms with Crippen molar-refractivity contribution in [1.82, 2.24) is 0 Å². The van der Waals surface area contributed by atoms with Crippen molar-refractivity contribution < 1.29 is 9.53 Å². The van der Waals surface area contributed by atoms with Gasteiger partial charge in [-0.3, -0.25) is 4.79 Å². The summed E-state index contributed by atoms with van der Waals surface area (Å²) in [4.78, 5) is 11.3. The Morgan fingerprint density at radius 3 is 2.04 bits per heavy atom. The zero-order valence-corrected chi connectivity index (χ0v) is 14.9. The highest BCUT2D eigenvalue weighted by molar-refractivity contribution is 6.92. The van der Waals surface area contributed by atoms with Gasteiger partial charge in [-0.1, -0.05) is 78.9 Å². The van der Waals surface area contributed by atoms with Crippen LogP contribution in [0, 0.1) is 0 Å². The van der Waals surface area contributed by atoms with Crippen LogP contribution in [0.5, 0.6) is 0 Å². The molecule has 0 heterocycles. The van der Waals surface area contributed by atoms with Crippen LogP contribution in [-0.4, -0.2) is 14.0 Å². The van der Waals surface area contributed by atoms with Crippen LogP contribution >= 0.6 is 0 Å². The fourth-order valence-corrected chi connectivity index (χ4v) is 7.13. The zero-order chi connectivity index (χ0) is 16.5. The minimum Gasteiger partial charge on any atom is -0.432 e. The van der Waals surface area contributed by atoms with Gasteiger partial charge in [0.15, 0.2) is 0 Å². The number of carbonyl (C=O) groups excluding carboxylic acids is 1. The Balaban J connectivity index is 2.08. The Bertz CT molecular complexity index is 735. The lowest BCUT2D eigenvalue weighted by Gasteiger charge is -2.50. The lowest BCUT2D eigenvalue weighted by Crippen LogP contribution is -2.62. The van der Waals surface area contributed by atoms with E-state index in [9.17, 15) is 4.79 Å². The number of esters is 1. The molecule has 1 aliphatic carbocycles. The van der Waals surface area contributed by atoms with Gasteiger partial charge in [0.1, 0.15) is 5.76 Å². The summed E-state index contributed by atoms with van der Waals surface area (Å²) in [5, 5.41) is 1.39. The first-order valence-electron chi connectivity index (χ1n) is 7.97. The van der Waals surface area contributed by atoms with Gasteiger partial charge < -0.3 is 4.74 Å². The third kappa shape index (κ3) is 2.66. The molecule has 0 fully saturated rings. The quantitative estimate of drug-likeness (QED) is 0.630. The third-order valence-corrected chi connectivity index (χ3v) is 9.65. The molecule has 118 valence electrons. The summed E-state index contributed by atoms with van der Waals surface area (Å²) in [7, 11) is -1.85. The molecule has 3 heteroatoms. The molecular formula is C20H22O2Si. The predicted molar refractivity (Wildman–Crippen MR) is 96.1 cm³/mol. The van der Waals surface area contributed by atoms with Crippen LogP contribution in [0.3, 0.4) is 0 Å². The smallest absolute Gasteiger partial charge is 0.307 e. The number of benzene rings is 2. The van der Waals surface area contributed by atoms with Gasteiger partial charge in [0.05, 0.1) is 8.07 Å². The average molecular weight is 322 g/mol. The van der Waals surface area contributed by atoms with E-state index in [1.807, 2.05) is 6.07 Å². The van der Waals surface area contributed by atoms with Crippen LogP contribution in [0.1, 0.15) is 18.9 Å². The fraction of sp³-hybridized carbons (Fsp3) is 0.250. The van der Waals surface area contributed by atoms with Crippen LogP contribution in [0.2, 0.25) is 13.1 Å². The molecule has 0 aromatic heterocycles. The third-order valence-electron chi connectivity index (χ3n) is 5.03. The molecule has 0 saturated carbocycles. The number of hydrogen-bond acceptors (Lipinski definition) is 2. The maximum absolute atomic E-state index is 11.3. The topological polar surface area (TPSA) is 26.3 Å². The van der Waals surface area contributed by atoms with Crippen molar-refractivity contribution in [3.63, 3.8) is 0 Å². The Morgan fingerprint density at radius 1 is 1.00 bits per heavy atom. The van der Waals surface area contributed by atoms with Crippen LogP contribution in [0.15, 0.2) is 72.5 Å². The zero-order valence-electron chi connectivity index (χ0n) is 13.9. The molecule has 2 aromatic rings. The Kier molecular flexibility index (Phi) is 3.98. The normalized spacial score (nSPS) is 20.4. The van der Waals surface area contributed by atoms with Gasteiger partial charge in [-0.05, 0) is 11.6 Å². The van der Waals surface area contributed by atoms with E-state index < -0.39 is 8.07 Å². The van der Waals surface area contributed by atoms with E-state index in [4.69, 9.17) is 4.74 Å². The molecule has 2 aromatic carbocycles. The molecule has 0 spiro atoms. The molecule has 0 N–H and O–H groups in total. The fourth-order valence-electron chi connectivity index (χ4n) is 3.57. The molecule has 1 atom stereocenters. The summed E-state index contributed by atoms with van der Waals surface area (Å²) in [5.74, 6) is 0.565. The molecule has 1 unspecified atom stereocenters. The minimum atomic E-state index is -1.85. The molecule has 1 aliphatic rings. The van der Waals surface area contributed by atoms with Crippen molar-refractivity contribution in [2.45, 2.75) is 31.5 Å². The summed E-state index contributed by atoms with van der Waals surface area (Å²) in [6, 6.07) is 21.3. The van der Waals surface area contributed by atoms with Gasteiger partial charge >= 0.3 is 5.97 Å². The average Bonchev–Trinajstić information content (AvgIpc) is 2.51. The van der Waals surface area contributed by atoms with E-state index in [0.717, 1.165) is 12.2 Å². The summed E-state index contributed by atoms with van der Waals surface area (Å²) < 4.78 is 5.34. The largest absolute Gasteiger partial charge is 0.432 e. The number of carbonyl (C=O) groups is 1. The van der Waals surface area contributed by atoms with Crippen LogP contribution in [0.25, 0.3) is 0 Å². The van der Waals surface area contributed by atoms with Crippen LogP contribution in [0.4, 0.5) is 0 Å². The van der Waals surface area contributed by atoms with Crippen molar-refractivity contribution >= 4 is 19.2 Å². The van der Waals surface area contributed by atoms with Crippen molar-refractivity contribution in [1.29, 1.82) is 0 Å². The van der Waals surface area contributed by atoms with E-state index in [1.54, 1.807) is 0 Å². The predicted octanol–water partition coefficient (Wildman–Crippen LogP) is 3.93. The maximum Gasteiger partial charge on any atom is 0.307 e. The van der Waals surface area contributed by atoms with Crippen molar-refractivity contribution in [2.75, 3.05) is 0 Å². The van der Waals surface area contributed by atoms with Gasteiger partial charge in [0.2, 0.25) is 0 Å². The van der Waals surface area contributed by atoms with E-state index in [1.165, 1.54) is 17.7 Å². The van der Waals surface area contributed by atoms with Crippen molar-refractivity contribution in [3.05, 3.63) is 78.1 Å². The number of ether oxygens (including phenoxy) is 1. The van der Waals surface area contributed by atoms with Crippen molar-refractivity contribution in [3.8, 4) is 0 Å². The van der Waals surface area contributed by atoms with E-state index in [2.05, 4.69) is 73.8 Å². The highest BCUT2D eigenvalue weighted by Crippen LogP contribution is 2.48. The highest BCUT2D eigenvalue weighted by atomic mass is 28.3. The lowest BCUT2D eigenvalue weighted by molar-refractivity contribution is -0.137. The molecule has 0 radical (unpaired) electrons. The standard InChI is InChI=1S/C20H22O2Si/c1-16(21)22-18-14-20(15-18,17-10-6-4-7-11-17)23(2,3)19-12-8-5-9-13-19/h4-14H,15H2,1-3H3. The SMILES string of the molecule is CC(=O)OC1=CC(c2ccccc2)([Si](C)(C)c2ccccc2)C1. The molecule has 0 amide bonds. The number of allylic oxidation sites excluding steroid dienone is 2. The summed E-state index contributed by atoms with van der Waals surface area (Å²) in [6.45, 7) is 6.26. The van der Waals surface area contributed by atoms with Gasteiger partial charge in [0, 0.05) is 18.4 Å². The Labute approximate surface area is 138 Å². The summed E-state index contributed by atoms with van der Waals surface area (Å²) in [5.41, 5.74) is 1.32. The monoisotopic (exact) mass is 322 g/mol. The van der Waals surface area contributed by atoms with E-state index in [0.29, 0.717) is 0 Å². The maximum atomic E-state index is 11.3. The molecule has 2 nitrogen and oxygen atoms in total. The molecule has 3 rings (SSSR count). The van der Waals surface area contributed by atoms with Gasteiger partial charge in [-0.25, -0.2) is 0 Å². The van der Waals surface area contributed by atoms with E-state index >= 15 is 0 Å². The summed E-state index contributed by atoms with van der Waals surface area (Å²) >= 11 is 0. The van der Waals surface area contributed by atoms with E-state index in [-0.39, 0.29) is 11.0 Å². The molecule has 23 heavy (non-hydrogen) atoms. The second-order valence-electron chi connectivity index (χ2n) is 6.71. The van der Waals surface area contributed by atoms with Crippen molar-refractivity contribution in [2.24, 2.45) is 0 Å². The molecular weight excluding hydrogens is 300 g/mol. The molecule has 0 bridgehead atoms. The first kappa shape index (κ1) is 15.8. The molecule has 0 aliphatic heterocycles. The van der Waals surface area contributed by atoms with Gasteiger partial charge in [-0.2, -0.15) is 0 Å². The first-order valence-corrected chi connectivity index (χ1v) is 11.0. The van der Waals surface area contributed by atoms with Crippen LogP contribution < -0.4 is 5.19 Å².